The van der Waals surface area contributed by atoms with Crippen molar-refractivity contribution in [2.24, 2.45) is 0 Å². The highest BCUT2D eigenvalue weighted by Gasteiger charge is 2.35. The molecule has 1 aliphatic rings. The predicted molar refractivity (Wildman–Crippen MR) is 72.7 cm³/mol. The van der Waals surface area contributed by atoms with Crippen molar-refractivity contribution in [3.05, 3.63) is 35.5 Å². The lowest BCUT2D eigenvalue weighted by Crippen LogP contribution is -2.33. The number of halogens is 3. The molecule has 20 heavy (non-hydrogen) atoms. The first-order valence-corrected chi connectivity index (χ1v) is 6.57. The minimum atomic E-state index is -4.21. The number of hydrogen-bond donors (Lipinski definition) is 1. The van der Waals surface area contributed by atoms with Crippen LogP contribution in [0.4, 0.5) is 19.0 Å². The molecule has 6 heteroatoms. The number of alkyl halides is 3. The molecule has 0 saturated heterocycles. The Morgan fingerprint density at radius 1 is 1.40 bits per heavy atom. The largest absolute Gasteiger partial charge is 0.412 e. The summed E-state index contributed by atoms with van der Waals surface area (Å²) in [6.45, 7) is 2.59. The molecule has 0 aliphatic carbocycles. The van der Waals surface area contributed by atoms with E-state index in [1.165, 1.54) is 6.08 Å². The second-order valence-electron chi connectivity index (χ2n) is 4.85. The summed E-state index contributed by atoms with van der Waals surface area (Å²) in [5.74, 6) is 0.756. The normalized spacial score (nSPS) is 17.9. The molecule has 1 aromatic heterocycles. The van der Waals surface area contributed by atoms with Gasteiger partial charge in [0.1, 0.15) is 5.82 Å². The highest BCUT2D eigenvalue weighted by atomic mass is 19.4. The number of aromatic nitrogens is 1. The van der Waals surface area contributed by atoms with Gasteiger partial charge in [-0.15, -0.1) is 0 Å². The molecule has 0 bridgehead atoms. The van der Waals surface area contributed by atoms with Crippen LogP contribution in [0.25, 0.3) is 0 Å². The van der Waals surface area contributed by atoms with Gasteiger partial charge in [0.2, 0.25) is 0 Å². The van der Waals surface area contributed by atoms with Crippen LogP contribution in [-0.4, -0.2) is 31.3 Å². The van der Waals surface area contributed by atoms with E-state index in [0.29, 0.717) is 6.54 Å². The van der Waals surface area contributed by atoms with Gasteiger partial charge in [0, 0.05) is 36.5 Å². The molecular weight excluding hydrogens is 267 g/mol. The Balaban J connectivity index is 2.21. The maximum atomic E-state index is 12.6. The Kier molecular flexibility index (Phi) is 4.32. The zero-order valence-electron chi connectivity index (χ0n) is 11.5. The van der Waals surface area contributed by atoms with Gasteiger partial charge in [-0.25, -0.2) is 4.98 Å². The van der Waals surface area contributed by atoms with E-state index in [2.05, 4.69) is 10.3 Å². The van der Waals surface area contributed by atoms with E-state index >= 15 is 0 Å². The highest BCUT2D eigenvalue weighted by molar-refractivity contribution is 5.50. The molecule has 110 valence electrons. The molecule has 1 N–H and O–H groups in total. The van der Waals surface area contributed by atoms with Crippen LogP contribution in [-0.2, 0) is 0 Å². The molecule has 0 aromatic carbocycles. The predicted octanol–water partition coefficient (Wildman–Crippen LogP) is 3.06. The van der Waals surface area contributed by atoms with Crippen molar-refractivity contribution in [1.82, 2.24) is 10.3 Å². The first-order valence-electron chi connectivity index (χ1n) is 6.57. The van der Waals surface area contributed by atoms with E-state index in [0.717, 1.165) is 11.4 Å². The smallest absolute Gasteiger partial charge is 0.352 e. The summed E-state index contributed by atoms with van der Waals surface area (Å²) >= 11 is 0. The Hall–Kier alpha value is -1.56. The van der Waals surface area contributed by atoms with Crippen molar-refractivity contribution >= 4 is 5.82 Å². The average Bonchev–Trinajstić information content (AvgIpc) is 2.45. The molecule has 0 radical (unpaired) electrons. The molecule has 1 aromatic rings. The molecule has 0 fully saturated rings. The van der Waals surface area contributed by atoms with E-state index in [4.69, 9.17) is 0 Å². The molecule has 2 rings (SSSR count). The minimum Gasteiger partial charge on any atom is -0.352 e. The first-order chi connectivity index (χ1) is 9.43. The lowest BCUT2D eigenvalue weighted by Gasteiger charge is -2.30. The Morgan fingerprint density at radius 3 is 2.70 bits per heavy atom. The fraction of sp³-hybridized carbons (Fsp3) is 0.500. The Bertz CT molecular complexity index is 497. The maximum absolute atomic E-state index is 12.6. The zero-order valence-corrected chi connectivity index (χ0v) is 11.5. The zero-order chi connectivity index (χ0) is 14.8. The third-order valence-electron chi connectivity index (χ3n) is 3.59. The number of hydrogen-bond acceptors (Lipinski definition) is 3. The van der Waals surface area contributed by atoms with E-state index in [1.54, 1.807) is 6.20 Å². The number of nitrogens with zero attached hydrogens (tertiary/aromatic N) is 2. The van der Waals surface area contributed by atoms with Crippen LogP contribution < -0.4 is 10.2 Å². The molecule has 0 amide bonds. The quantitative estimate of drug-likeness (QED) is 0.865. The molecule has 0 saturated carbocycles. The summed E-state index contributed by atoms with van der Waals surface area (Å²) in [4.78, 5) is 6.22. The van der Waals surface area contributed by atoms with E-state index < -0.39 is 11.7 Å². The van der Waals surface area contributed by atoms with Gasteiger partial charge in [0.05, 0.1) is 0 Å². The van der Waals surface area contributed by atoms with Gasteiger partial charge in [0.15, 0.2) is 0 Å². The van der Waals surface area contributed by atoms with Crippen molar-refractivity contribution < 1.29 is 13.2 Å². The third-order valence-corrected chi connectivity index (χ3v) is 3.59. The van der Waals surface area contributed by atoms with Gasteiger partial charge in [-0.05, 0) is 26.5 Å². The number of nitrogens with one attached hydrogen (secondary N) is 1. The first kappa shape index (κ1) is 14.8. The third kappa shape index (κ3) is 3.12. The van der Waals surface area contributed by atoms with Crippen molar-refractivity contribution in [3.63, 3.8) is 0 Å². The second-order valence-corrected chi connectivity index (χ2v) is 4.85. The van der Waals surface area contributed by atoms with Gasteiger partial charge in [-0.3, -0.25) is 0 Å². The van der Waals surface area contributed by atoms with Crippen LogP contribution in [0, 0.1) is 0 Å². The lowest BCUT2D eigenvalue weighted by atomic mass is 10.1. The van der Waals surface area contributed by atoms with E-state index in [-0.39, 0.29) is 19.0 Å². The fourth-order valence-electron chi connectivity index (χ4n) is 2.29. The minimum absolute atomic E-state index is 0.00739. The van der Waals surface area contributed by atoms with Crippen molar-refractivity contribution in [2.45, 2.75) is 25.6 Å². The van der Waals surface area contributed by atoms with Crippen molar-refractivity contribution in [1.29, 1.82) is 0 Å². The van der Waals surface area contributed by atoms with E-state index in [1.807, 2.05) is 31.0 Å². The summed E-state index contributed by atoms with van der Waals surface area (Å²) in [6.07, 6.45) is -1.28. The van der Waals surface area contributed by atoms with Crippen LogP contribution in [0.15, 0.2) is 30.0 Å². The number of rotatable bonds is 3. The van der Waals surface area contributed by atoms with Gasteiger partial charge in [-0.2, -0.15) is 13.2 Å². The van der Waals surface area contributed by atoms with Gasteiger partial charge < -0.3 is 10.2 Å². The van der Waals surface area contributed by atoms with Crippen LogP contribution in [0.2, 0.25) is 0 Å². The van der Waals surface area contributed by atoms with Crippen LogP contribution in [0.3, 0.4) is 0 Å². The van der Waals surface area contributed by atoms with E-state index in [9.17, 15) is 13.2 Å². The number of anilines is 1. The monoisotopic (exact) mass is 285 g/mol. The van der Waals surface area contributed by atoms with Crippen molar-refractivity contribution in [3.8, 4) is 0 Å². The average molecular weight is 285 g/mol. The van der Waals surface area contributed by atoms with Gasteiger partial charge in [-0.1, -0.05) is 12.1 Å². The molecular formula is C14H18F3N3. The number of pyridine rings is 1. The molecule has 2 heterocycles. The summed E-state index contributed by atoms with van der Waals surface area (Å²) < 4.78 is 37.9. The molecule has 3 nitrogen and oxygen atoms in total. The highest BCUT2D eigenvalue weighted by Crippen LogP contribution is 2.32. The molecule has 0 spiro atoms. The topological polar surface area (TPSA) is 28.2 Å². The van der Waals surface area contributed by atoms with Crippen LogP contribution in [0.5, 0.6) is 0 Å². The van der Waals surface area contributed by atoms with Gasteiger partial charge >= 0.3 is 6.18 Å². The maximum Gasteiger partial charge on any atom is 0.412 e. The fourth-order valence-corrected chi connectivity index (χ4v) is 2.29. The van der Waals surface area contributed by atoms with Crippen LogP contribution >= 0.6 is 0 Å². The molecule has 1 atom stereocenters. The second kappa shape index (κ2) is 5.83. The SMILES string of the molecule is CNC(C)c1cccnc1N1CC=C(C(F)(F)F)CC1. The summed E-state index contributed by atoms with van der Waals surface area (Å²) in [7, 11) is 1.85. The lowest BCUT2D eigenvalue weighted by molar-refractivity contribution is -0.0944. The summed E-state index contributed by atoms with van der Waals surface area (Å²) in [5.41, 5.74) is 0.562. The molecule has 1 aliphatic heterocycles. The summed E-state index contributed by atoms with van der Waals surface area (Å²) in [5, 5.41) is 3.13. The van der Waals surface area contributed by atoms with Crippen molar-refractivity contribution in [2.75, 3.05) is 25.0 Å². The summed E-state index contributed by atoms with van der Waals surface area (Å²) in [6, 6.07) is 3.90. The van der Waals surface area contributed by atoms with Crippen LogP contribution in [0.1, 0.15) is 24.9 Å². The van der Waals surface area contributed by atoms with Gasteiger partial charge in [0.25, 0.3) is 0 Å². The molecule has 1 unspecified atom stereocenters. The Labute approximate surface area is 116 Å². The Morgan fingerprint density at radius 2 is 2.15 bits per heavy atom. The standard InChI is InChI=1S/C14H18F3N3/c1-10(18-2)12-4-3-7-19-13(12)20-8-5-11(6-9-20)14(15,16)17/h3-5,7,10,18H,6,8-9H2,1-2H3.